The normalized spacial score (nSPS) is 11.5. The second-order valence-electron chi connectivity index (χ2n) is 10.1. The van der Waals surface area contributed by atoms with Crippen molar-refractivity contribution in [2.24, 2.45) is 0 Å². The van der Waals surface area contributed by atoms with Gasteiger partial charge in [-0.15, -0.1) is 0 Å². The van der Waals surface area contributed by atoms with Gasteiger partial charge in [0.2, 0.25) is 0 Å². The summed E-state index contributed by atoms with van der Waals surface area (Å²) in [6, 6.07) is 9.65. The van der Waals surface area contributed by atoms with Crippen LogP contribution in [0.25, 0.3) is 0 Å². The summed E-state index contributed by atoms with van der Waals surface area (Å²) in [6.45, 7) is 13.1. The lowest BCUT2D eigenvalue weighted by atomic mass is 9.87. The maximum absolute atomic E-state index is 11.1. The van der Waals surface area contributed by atoms with Crippen molar-refractivity contribution in [3.05, 3.63) is 67.8 Å². The molecule has 0 bridgehead atoms. The first-order valence-electron chi connectivity index (χ1n) is 10.6. The average molecular weight is 462 g/mol. The standard InChI is InChI=1S/C14H22N2O3.C10H13NO3/c1-14(2,3)11-6-7-13(12(10-11)16(17)18)19-9-8-15(4)5;1-10(2,3)7-4-5-9(12)8(6-7)11(13)14/h6-7,10H,8-9H2,1-5H3;4-6,12H,1-3H3. The molecule has 0 unspecified atom stereocenters. The highest BCUT2D eigenvalue weighted by Crippen LogP contribution is 2.33. The molecule has 182 valence electrons. The van der Waals surface area contributed by atoms with Crippen LogP contribution in [-0.2, 0) is 10.8 Å². The number of aromatic hydroxyl groups is 1. The number of phenols is 1. The van der Waals surface area contributed by atoms with E-state index in [1.54, 1.807) is 18.2 Å². The van der Waals surface area contributed by atoms with Gasteiger partial charge in [0.05, 0.1) is 9.85 Å². The van der Waals surface area contributed by atoms with Crippen LogP contribution in [0, 0.1) is 20.2 Å². The summed E-state index contributed by atoms with van der Waals surface area (Å²) in [7, 11) is 3.86. The van der Waals surface area contributed by atoms with Gasteiger partial charge in [0.1, 0.15) is 6.61 Å². The molecule has 0 fully saturated rings. The van der Waals surface area contributed by atoms with Crippen molar-refractivity contribution >= 4 is 11.4 Å². The van der Waals surface area contributed by atoms with E-state index in [-0.39, 0.29) is 32.9 Å². The Morgan fingerprint density at radius 1 is 0.848 bits per heavy atom. The highest BCUT2D eigenvalue weighted by Gasteiger charge is 2.22. The first kappa shape index (κ1) is 27.8. The molecule has 0 aliphatic heterocycles. The Balaban J connectivity index is 0.000000346. The van der Waals surface area contributed by atoms with Crippen LogP contribution < -0.4 is 4.74 Å². The highest BCUT2D eigenvalue weighted by molar-refractivity contribution is 5.50. The van der Waals surface area contributed by atoms with Gasteiger partial charge in [-0.3, -0.25) is 20.2 Å². The summed E-state index contributed by atoms with van der Waals surface area (Å²) >= 11 is 0. The number of phenolic OH excluding ortho intramolecular Hbond substituents is 1. The number of benzene rings is 2. The van der Waals surface area contributed by atoms with Gasteiger partial charge in [-0.1, -0.05) is 53.7 Å². The monoisotopic (exact) mass is 461 g/mol. The van der Waals surface area contributed by atoms with E-state index < -0.39 is 4.92 Å². The Bertz CT molecular complexity index is 975. The number of hydrogen-bond donors (Lipinski definition) is 1. The summed E-state index contributed by atoms with van der Waals surface area (Å²) in [4.78, 5) is 22.7. The molecule has 2 rings (SSSR count). The van der Waals surface area contributed by atoms with Gasteiger partial charge in [-0.05, 0) is 48.2 Å². The molecule has 9 nitrogen and oxygen atoms in total. The molecule has 0 aliphatic carbocycles. The third-order valence-corrected chi connectivity index (χ3v) is 4.86. The fourth-order valence-corrected chi connectivity index (χ4v) is 2.72. The van der Waals surface area contributed by atoms with E-state index in [2.05, 4.69) is 0 Å². The van der Waals surface area contributed by atoms with Crippen LogP contribution in [0.3, 0.4) is 0 Å². The minimum absolute atomic E-state index is 0.0335. The highest BCUT2D eigenvalue weighted by atomic mass is 16.6. The minimum Gasteiger partial charge on any atom is -0.502 e. The van der Waals surface area contributed by atoms with Crippen LogP contribution in [0.2, 0.25) is 0 Å². The number of likely N-dealkylation sites (N-methyl/N-ethyl adjacent to an activating group) is 1. The predicted molar refractivity (Wildman–Crippen MR) is 129 cm³/mol. The van der Waals surface area contributed by atoms with Gasteiger partial charge < -0.3 is 14.7 Å². The number of rotatable bonds is 6. The lowest BCUT2D eigenvalue weighted by Gasteiger charge is -2.19. The van der Waals surface area contributed by atoms with E-state index in [9.17, 15) is 25.3 Å². The molecule has 0 spiro atoms. The number of nitrogens with zero attached hydrogens (tertiary/aromatic N) is 3. The fourth-order valence-electron chi connectivity index (χ4n) is 2.72. The molecule has 0 saturated carbocycles. The van der Waals surface area contributed by atoms with Gasteiger partial charge in [-0.2, -0.15) is 0 Å². The van der Waals surface area contributed by atoms with Crippen LogP contribution >= 0.6 is 0 Å². The van der Waals surface area contributed by atoms with Gasteiger partial charge in [-0.25, -0.2) is 0 Å². The average Bonchev–Trinajstić information content (AvgIpc) is 2.66. The fraction of sp³-hybridized carbons (Fsp3) is 0.500. The molecule has 33 heavy (non-hydrogen) atoms. The number of nitro benzene ring substituents is 2. The van der Waals surface area contributed by atoms with E-state index in [4.69, 9.17) is 4.74 Å². The molecule has 2 aromatic rings. The summed E-state index contributed by atoms with van der Waals surface area (Å²) in [5.74, 6) is 0.0443. The number of ether oxygens (including phenoxy) is 1. The lowest BCUT2D eigenvalue weighted by molar-refractivity contribution is -0.386. The molecular weight excluding hydrogens is 426 g/mol. The summed E-state index contributed by atoms with van der Waals surface area (Å²) in [5.41, 5.74) is 1.29. The van der Waals surface area contributed by atoms with Gasteiger partial charge in [0.25, 0.3) is 0 Å². The zero-order valence-corrected chi connectivity index (χ0v) is 20.7. The summed E-state index contributed by atoms with van der Waals surface area (Å²) in [5, 5.41) is 30.9. The van der Waals surface area contributed by atoms with Crippen molar-refractivity contribution in [3.63, 3.8) is 0 Å². The first-order valence-corrected chi connectivity index (χ1v) is 10.6. The molecule has 9 heteroatoms. The third kappa shape index (κ3) is 8.69. The Morgan fingerprint density at radius 2 is 1.30 bits per heavy atom. The van der Waals surface area contributed by atoms with E-state index in [1.165, 1.54) is 12.1 Å². The second kappa shape index (κ2) is 11.1. The van der Waals surface area contributed by atoms with Crippen LogP contribution in [0.15, 0.2) is 36.4 Å². The molecule has 0 amide bonds. The molecule has 0 aliphatic rings. The zero-order valence-electron chi connectivity index (χ0n) is 20.7. The third-order valence-electron chi connectivity index (χ3n) is 4.86. The first-order chi connectivity index (χ1) is 15.0. The Hall–Kier alpha value is -3.20. The molecule has 1 N–H and O–H groups in total. The topological polar surface area (TPSA) is 119 Å². The molecule has 0 aromatic heterocycles. The van der Waals surface area contributed by atoms with Gasteiger partial charge in [0, 0.05) is 18.7 Å². The molecule has 0 atom stereocenters. The van der Waals surface area contributed by atoms with Gasteiger partial charge >= 0.3 is 11.4 Å². The number of hydrogen-bond acceptors (Lipinski definition) is 7. The summed E-state index contributed by atoms with van der Waals surface area (Å²) in [6.07, 6.45) is 0. The zero-order chi connectivity index (χ0) is 25.6. The van der Waals surface area contributed by atoms with Crippen LogP contribution in [-0.4, -0.2) is 47.1 Å². The van der Waals surface area contributed by atoms with Crippen molar-refractivity contribution in [1.82, 2.24) is 4.90 Å². The van der Waals surface area contributed by atoms with Gasteiger partial charge in [0.15, 0.2) is 11.5 Å². The summed E-state index contributed by atoms with van der Waals surface area (Å²) < 4.78 is 5.49. The quantitative estimate of drug-likeness (QED) is 0.450. The molecule has 0 radical (unpaired) electrons. The largest absolute Gasteiger partial charge is 0.502 e. The van der Waals surface area contributed by atoms with Crippen molar-refractivity contribution in [1.29, 1.82) is 0 Å². The van der Waals surface area contributed by atoms with Crippen molar-refractivity contribution in [3.8, 4) is 11.5 Å². The van der Waals surface area contributed by atoms with Crippen molar-refractivity contribution < 1.29 is 19.7 Å². The Labute approximate surface area is 195 Å². The number of nitro groups is 2. The molecule has 2 aromatic carbocycles. The van der Waals surface area contributed by atoms with E-state index in [0.717, 1.165) is 17.7 Å². The van der Waals surface area contributed by atoms with Crippen LogP contribution in [0.4, 0.5) is 11.4 Å². The van der Waals surface area contributed by atoms with Crippen LogP contribution in [0.5, 0.6) is 11.5 Å². The van der Waals surface area contributed by atoms with E-state index >= 15 is 0 Å². The van der Waals surface area contributed by atoms with Crippen molar-refractivity contribution in [2.45, 2.75) is 52.4 Å². The predicted octanol–water partition coefficient (Wildman–Crippen LogP) is 5.43. The second-order valence-corrected chi connectivity index (χ2v) is 10.1. The maximum atomic E-state index is 11.1. The SMILES string of the molecule is CC(C)(C)c1ccc(O)c([N+](=O)[O-])c1.CN(C)CCOc1ccc(C(C)(C)C)cc1[N+](=O)[O-]. The molecule has 0 saturated heterocycles. The van der Waals surface area contributed by atoms with E-state index in [0.29, 0.717) is 12.4 Å². The Kier molecular flexibility index (Phi) is 9.35. The maximum Gasteiger partial charge on any atom is 0.311 e. The van der Waals surface area contributed by atoms with Crippen molar-refractivity contribution in [2.75, 3.05) is 27.2 Å². The lowest BCUT2D eigenvalue weighted by Crippen LogP contribution is -2.19. The smallest absolute Gasteiger partial charge is 0.311 e. The minimum atomic E-state index is -0.579. The van der Waals surface area contributed by atoms with E-state index in [1.807, 2.05) is 66.6 Å². The molecule has 0 heterocycles. The van der Waals surface area contributed by atoms with Crippen LogP contribution in [0.1, 0.15) is 52.7 Å². The molecular formula is C24H35N3O6. The Morgan fingerprint density at radius 3 is 1.73 bits per heavy atom.